The maximum atomic E-state index is 13.2. The Balaban J connectivity index is 0. The van der Waals surface area contributed by atoms with Gasteiger partial charge in [-0.15, -0.1) is 12.2 Å². The molecule has 0 unspecified atom stereocenters. The summed E-state index contributed by atoms with van der Waals surface area (Å²) < 4.78 is 0. The third-order valence-corrected chi connectivity index (χ3v) is 7.81. The van der Waals surface area contributed by atoms with E-state index in [-0.39, 0.29) is 78.2 Å². The Kier molecular flexibility index (Phi) is 34.6. The molecule has 2 aromatic carbocycles. The Bertz CT molecular complexity index is 1570. The summed E-state index contributed by atoms with van der Waals surface area (Å²) in [6.07, 6.45) is 38.0. The number of nitrogens with zero attached hydrogens (tertiary/aromatic N) is 2. The maximum absolute atomic E-state index is 13.2. The molecule has 0 N–H and O–H groups in total. The van der Waals surface area contributed by atoms with Crippen LogP contribution in [0.5, 0.6) is 11.5 Å². The van der Waals surface area contributed by atoms with Gasteiger partial charge >= 0.3 is 55.9 Å². The predicted molar refractivity (Wildman–Crippen MR) is 242 cm³/mol. The maximum Gasteiger partial charge on any atom is 4.00 e. The summed E-state index contributed by atoms with van der Waals surface area (Å²) >= 11 is 0. The first-order valence-corrected chi connectivity index (χ1v) is 20.2. The van der Waals surface area contributed by atoms with Crippen molar-refractivity contribution in [2.75, 3.05) is 13.1 Å². The summed E-state index contributed by atoms with van der Waals surface area (Å²) in [4.78, 5) is 8.95. The minimum absolute atomic E-state index is 0. The van der Waals surface area contributed by atoms with E-state index < -0.39 is 12.2 Å². The SMILES string of the molecule is CC(C)(C)c1cc(C#C[C]2[CH][CH][CH][CH]2)cc(C=NCCN=Cc2cc(C#C[C]3[CH][CH][CH][CH]3)cc(C(C)(C)C)c2[O-])c1[O-].CC(C)[O-].CC(C)[O-].[CH]1[CH][CH][CH][CH]1.[CH]1[CH][CH][CH][CH]1.[Fe+2].[Fe+2].[Ti+4]. The molecule has 0 aliphatic heterocycles. The second-order valence-electron chi connectivity index (χ2n) is 16.3. The molecule has 2 aromatic rings. The molecule has 0 bridgehead atoms. The van der Waals surface area contributed by atoms with Crippen LogP contribution in [-0.2, 0) is 66.7 Å². The normalized spacial score (nSPS) is 16.0. The van der Waals surface area contributed by atoms with Gasteiger partial charge in [0.15, 0.2) is 0 Å². The Hall–Kier alpha value is -1.83. The summed E-state index contributed by atoms with van der Waals surface area (Å²) in [6.45, 7) is 19.3. The van der Waals surface area contributed by atoms with Gasteiger partial charge in [-0.1, -0.05) is 104 Å². The first kappa shape index (κ1) is 63.3. The smallest absolute Gasteiger partial charge is 0.872 e. The van der Waals surface area contributed by atoms with E-state index in [0.29, 0.717) is 35.3 Å². The standard InChI is InChI=1S/C38H38N2O2.2C5H5.2C3H7O.2Fe.Ti/c1-37(2,3)33-23-29(17-15-27-11-7-8-12-27)21-31(35(33)41)25-39-19-20-40-26-32-22-30(18-16-28-13-9-10-14-28)24-34(36(32)42)38(4,5)6;2*1-2-4-5-3-1;2*1-3(2)4;;;/h7-14,21-26,41-42H,19-20H2,1-6H3;2*1-5H;2*3H,1-2H3;;;/q;;;2*-1;2*+2;+4/p-2. The minimum Gasteiger partial charge on any atom is -0.872 e. The molecule has 326 valence electrons. The molecule has 9 heteroatoms. The van der Waals surface area contributed by atoms with Gasteiger partial charge in [-0.3, -0.25) is 9.98 Å². The molecule has 20 radical (unpaired) electrons. The minimum atomic E-state index is -0.417. The molecule has 0 amide bonds. The monoisotopic (exact) mass is 960 g/mol. The topological polar surface area (TPSA) is 117 Å². The number of hydrogen-bond donors (Lipinski definition) is 0. The fourth-order valence-corrected chi connectivity index (χ4v) is 5.04. The van der Waals surface area contributed by atoms with Gasteiger partial charge in [-0.2, -0.15) is 0 Å². The van der Waals surface area contributed by atoms with Crippen LogP contribution in [0.15, 0.2) is 34.3 Å². The molecule has 4 saturated carbocycles. The molecule has 0 aromatic heterocycles. The Morgan fingerprint density at radius 1 is 0.476 bits per heavy atom. The molecule has 0 heterocycles. The van der Waals surface area contributed by atoms with Crippen LogP contribution in [0, 0.1) is 151 Å². The van der Waals surface area contributed by atoms with Crippen LogP contribution in [0.25, 0.3) is 0 Å². The largest absolute Gasteiger partial charge is 4.00 e. The quantitative estimate of drug-likeness (QED) is 0.139. The van der Waals surface area contributed by atoms with Crippen molar-refractivity contribution in [1.29, 1.82) is 0 Å². The number of aliphatic imine (C=N–C) groups is 2. The second kappa shape index (κ2) is 34.5. The van der Waals surface area contributed by atoms with E-state index in [9.17, 15) is 20.4 Å². The molecule has 0 saturated heterocycles. The third-order valence-electron chi connectivity index (χ3n) is 7.81. The zero-order valence-electron chi connectivity index (χ0n) is 38.2. The average molecular weight is 961 g/mol. The van der Waals surface area contributed by atoms with Crippen molar-refractivity contribution < 1.29 is 76.3 Å². The van der Waals surface area contributed by atoms with Gasteiger partial charge in [-0.05, 0) is 173 Å². The Morgan fingerprint density at radius 2 is 0.730 bits per heavy atom. The molecule has 6 rings (SSSR count). The number of rotatable bonds is 5. The van der Waals surface area contributed by atoms with E-state index in [1.807, 2.05) is 169 Å². The first-order valence-electron chi connectivity index (χ1n) is 20.2. The van der Waals surface area contributed by atoms with Gasteiger partial charge in [0.05, 0.1) is 24.9 Å². The Labute approximate surface area is 421 Å². The van der Waals surface area contributed by atoms with Crippen LogP contribution in [0.2, 0.25) is 0 Å². The average Bonchev–Trinajstić information content (AvgIpc) is 4.02. The van der Waals surface area contributed by atoms with Gasteiger partial charge in [0.25, 0.3) is 0 Å². The van der Waals surface area contributed by atoms with Gasteiger partial charge in [0, 0.05) is 23.6 Å². The summed E-state index contributed by atoms with van der Waals surface area (Å²) in [7, 11) is 0. The van der Waals surface area contributed by atoms with Crippen molar-refractivity contribution in [2.45, 2.75) is 92.3 Å². The first-order chi connectivity index (χ1) is 28.4. The predicted octanol–water partition coefficient (Wildman–Crippen LogP) is 7.03. The van der Waals surface area contributed by atoms with E-state index in [0.717, 1.165) is 23.0 Å². The molecule has 4 aliphatic rings. The fraction of sp³-hybridized carbons (Fsp3) is 0.296. The molecular weight excluding hydrogens is 900 g/mol. The summed E-state index contributed by atoms with van der Waals surface area (Å²) in [5.74, 6) is 14.5. The molecule has 63 heavy (non-hydrogen) atoms. The molecule has 0 atom stereocenters. The summed E-state index contributed by atoms with van der Waals surface area (Å²) in [5, 5.41) is 45.5. The molecule has 0 spiro atoms. The van der Waals surface area contributed by atoms with Crippen molar-refractivity contribution in [2.24, 2.45) is 9.98 Å². The Morgan fingerprint density at radius 3 is 0.968 bits per heavy atom. The van der Waals surface area contributed by atoms with Crippen molar-refractivity contribution in [1.82, 2.24) is 0 Å². The van der Waals surface area contributed by atoms with Gasteiger partial charge in [-0.25, -0.2) is 0 Å². The van der Waals surface area contributed by atoms with Gasteiger partial charge in [0.2, 0.25) is 0 Å². The van der Waals surface area contributed by atoms with E-state index in [1.165, 1.54) is 0 Å². The van der Waals surface area contributed by atoms with E-state index in [4.69, 9.17) is 0 Å². The van der Waals surface area contributed by atoms with E-state index >= 15 is 0 Å². The van der Waals surface area contributed by atoms with Crippen LogP contribution in [0.3, 0.4) is 0 Å². The second-order valence-corrected chi connectivity index (χ2v) is 16.3. The van der Waals surface area contributed by atoms with Crippen molar-refractivity contribution in [3.8, 4) is 35.2 Å². The third kappa shape index (κ3) is 28.1. The van der Waals surface area contributed by atoms with Crippen molar-refractivity contribution >= 4 is 12.4 Å². The van der Waals surface area contributed by atoms with Crippen LogP contribution in [0.1, 0.15) is 103 Å². The fourth-order valence-electron chi connectivity index (χ4n) is 5.04. The van der Waals surface area contributed by atoms with E-state index in [2.05, 4.69) is 33.7 Å². The molecular formula is C54H60Fe2N2O4Ti+4. The zero-order chi connectivity index (χ0) is 44.6. The number of benzene rings is 2. The van der Waals surface area contributed by atoms with E-state index in [1.54, 1.807) is 52.3 Å². The molecule has 4 aliphatic carbocycles. The van der Waals surface area contributed by atoms with Crippen LogP contribution in [-0.4, -0.2) is 37.7 Å². The van der Waals surface area contributed by atoms with Crippen molar-refractivity contribution in [3.05, 3.63) is 185 Å². The zero-order valence-corrected chi connectivity index (χ0v) is 41.9. The van der Waals surface area contributed by atoms with Crippen molar-refractivity contribution in [3.63, 3.8) is 0 Å². The van der Waals surface area contributed by atoms with Crippen LogP contribution < -0.4 is 20.4 Å². The summed E-state index contributed by atoms with van der Waals surface area (Å²) in [6, 6.07) is 7.34. The van der Waals surface area contributed by atoms with Crippen LogP contribution >= 0.6 is 0 Å². The molecule has 4 fully saturated rings. The molecule has 6 nitrogen and oxygen atoms in total. The van der Waals surface area contributed by atoms with Crippen LogP contribution in [0.4, 0.5) is 0 Å². The van der Waals surface area contributed by atoms with Gasteiger partial charge in [0.1, 0.15) is 0 Å². The number of hydrogen-bond acceptors (Lipinski definition) is 6. The van der Waals surface area contributed by atoms with Gasteiger partial charge < -0.3 is 20.4 Å². The summed E-state index contributed by atoms with van der Waals surface area (Å²) in [5.41, 5.74) is 3.32.